The highest BCUT2D eigenvalue weighted by molar-refractivity contribution is 9.10. The Morgan fingerprint density at radius 2 is 2.16 bits per heavy atom. The number of hydrogen-bond acceptors (Lipinski definition) is 4. The first-order valence-electron chi connectivity index (χ1n) is 5.46. The van der Waals surface area contributed by atoms with Gasteiger partial charge in [0.15, 0.2) is 0 Å². The van der Waals surface area contributed by atoms with Crippen LogP contribution in [0.15, 0.2) is 22.7 Å². The van der Waals surface area contributed by atoms with Crippen LogP contribution in [0, 0.1) is 0 Å². The highest BCUT2D eigenvalue weighted by Crippen LogP contribution is 2.22. The molecule has 0 saturated heterocycles. The molecule has 2 N–H and O–H groups in total. The molecule has 0 atom stereocenters. The molecule has 19 heavy (non-hydrogen) atoms. The third kappa shape index (κ3) is 5.27. The summed E-state index contributed by atoms with van der Waals surface area (Å²) in [6, 6.07) is 5.06. The van der Waals surface area contributed by atoms with Gasteiger partial charge >= 0.3 is 5.97 Å². The van der Waals surface area contributed by atoms with Gasteiger partial charge in [-0.25, -0.2) is 4.79 Å². The standard InChI is InChI=1S/C12H14BrNO5/c1-18-8-2-3-10(13)9(6-8)12(17)14-4-5-19-7-11(15)16/h2-3,6H,4-5,7H2,1H3,(H,14,17)(H,15,16). The number of amides is 1. The summed E-state index contributed by atoms with van der Waals surface area (Å²) >= 11 is 3.28. The summed E-state index contributed by atoms with van der Waals surface area (Å²) in [5, 5.41) is 11.0. The molecular weight excluding hydrogens is 318 g/mol. The van der Waals surface area contributed by atoms with Crippen molar-refractivity contribution in [3.63, 3.8) is 0 Å². The van der Waals surface area contributed by atoms with E-state index in [2.05, 4.69) is 21.2 Å². The third-order valence-electron chi connectivity index (χ3n) is 2.18. The topological polar surface area (TPSA) is 84.9 Å². The van der Waals surface area contributed by atoms with Crippen LogP contribution in [0.1, 0.15) is 10.4 Å². The van der Waals surface area contributed by atoms with Gasteiger partial charge < -0.3 is 19.9 Å². The number of halogens is 1. The van der Waals surface area contributed by atoms with Gasteiger partial charge in [-0.1, -0.05) is 0 Å². The second kappa shape index (κ2) is 7.75. The second-order valence-electron chi connectivity index (χ2n) is 3.55. The van der Waals surface area contributed by atoms with Crippen molar-refractivity contribution >= 4 is 27.8 Å². The Morgan fingerprint density at radius 1 is 1.42 bits per heavy atom. The number of methoxy groups -OCH3 is 1. The first-order chi connectivity index (χ1) is 9.04. The van der Waals surface area contributed by atoms with E-state index in [0.717, 1.165) is 0 Å². The molecule has 0 spiro atoms. The van der Waals surface area contributed by atoms with Crippen LogP contribution in [-0.2, 0) is 9.53 Å². The zero-order chi connectivity index (χ0) is 14.3. The molecule has 7 heteroatoms. The highest BCUT2D eigenvalue weighted by atomic mass is 79.9. The SMILES string of the molecule is COc1ccc(Br)c(C(=O)NCCOCC(=O)O)c1. The molecule has 1 rings (SSSR count). The minimum Gasteiger partial charge on any atom is -0.497 e. The number of ether oxygens (including phenoxy) is 2. The molecule has 0 saturated carbocycles. The second-order valence-corrected chi connectivity index (χ2v) is 4.40. The molecule has 0 heterocycles. The molecule has 1 aromatic carbocycles. The normalized spacial score (nSPS) is 10.0. The number of carboxylic acids is 1. The number of nitrogens with one attached hydrogen (secondary N) is 1. The molecule has 1 amide bonds. The maximum absolute atomic E-state index is 11.9. The third-order valence-corrected chi connectivity index (χ3v) is 2.87. The van der Waals surface area contributed by atoms with Crippen molar-refractivity contribution in [3.05, 3.63) is 28.2 Å². The molecular formula is C12H14BrNO5. The summed E-state index contributed by atoms with van der Waals surface area (Å²) in [5.41, 5.74) is 0.442. The van der Waals surface area contributed by atoms with Crippen LogP contribution < -0.4 is 10.1 Å². The molecule has 0 aliphatic heterocycles. The smallest absolute Gasteiger partial charge is 0.329 e. The van der Waals surface area contributed by atoms with Crippen molar-refractivity contribution in [2.24, 2.45) is 0 Å². The zero-order valence-corrected chi connectivity index (χ0v) is 11.9. The van der Waals surface area contributed by atoms with E-state index in [-0.39, 0.29) is 25.7 Å². The Morgan fingerprint density at radius 3 is 2.79 bits per heavy atom. The number of rotatable bonds is 7. The number of carbonyl (C=O) groups excluding carboxylic acids is 1. The van der Waals surface area contributed by atoms with E-state index in [1.807, 2.05) is 0 Å². The summed E-state index contributed by atoms with van der Waals surface area (Å²) in [7, 11) is 1.52. The van der Waals surface area contributed by atoms with E-state index in [1.54, 1.807) is 18.2 Å². The van der Waals surface area contributed by atoms with Gasteiger partial charge in [-0.3, -0.25) is 4.79 Å². The van der Waals surface area contributed by atoms with Gasteiger partial charge in [-0.2, -0.15) is 0 Å². The van der Waals surface area contributed by atoms with Crippen molar-refractivity contribution in [1.82, 2.24) is 5.32 Å². The summed E-state index contributed by atoms with van der Waals surface area (Å²) in [5.74, 6) is -0.748. The molecule has 0 unspecified atom stereocenters. The van der Waals surface area contributed by atoms with Gasteiger partial charge in [0.2, 0.25) is 0 Å². The van der Waals surface area contributed by atoms with Crippen LogP contribution >= 0.6 is 15.9 Å². The van der Waals surface area contributed by atoms with E-state index in [9.17, 15) is 9.59 Å². The summed E-state index contributed by atoms with van der Waals surface area (Å²) in [6.07, 6.45) is 0. The van der Waals surface area contributed by atoms with Gasteiger partial charge in [-0.15, -0.1) is 0 Å². The fourth-order valence-electron chi connectivity index (χ4n) is 1.30. The zero-order valence-electron chi connectivity index (χ0n) is 10.3. The van der Waals surface area contributed by atoms with Crippen molar-refractivity contribution < 1.29 is 24.2 Å². The molecule has 0 radical (unpaired) electrons. The number of hydrogen-bond donors (Lipinski definition) is 2. The van der Waals surface area contributed by atoms with E-state index in [0.29, 0.717) is 15.8 Å². The van der Waals surface area contributed by atoms with Gasteiger partial charge in [0, 0.05) is 11.0 Å². The monoisotopic (exact) mass is 331 g/mol. The van der Waals surface area contributed by atoms with E-state index >= 15 is 0 Å². The minimum atomic E-state index is -1.04. The fourth-order valence-corrected chi connectivity index (χ4v) is 1.72. The van der Waals surface area contributed by atoms with E-state index < -0.39 is 5.97 Å². The Hall–Kier alpha value is -1.60. The predicted molar refractivity (Wildman–Crippen MR) is 71.5 cm³/mol. The van der Waals surface area contributed by atoms with Crippen molar-refractivity contribution in [1.29, 1.82) is 0 Å². The highest BCUT2D eigenvalue weighted by Gasteiger charge is 2.10. The average Bonchev–Trinajstić information content (AvgIpc) is 2.38. The summed E-state index contributed by atoms with van der Waals surface area (Å²) < 4.78 is 10.5. The number of carbonyl (C=O) groups is 2. The summed E-state index contributed by atoms with van der Waals surface area (Å²) in [6.45, 7) is -0.00584. The van der Waals surface area contributed by atoms with Crippen LogP contribution in [0.5, 0.6) is 5.75 Å². The van der Waals surface area contributed by atoms with Crippen LogP contribution in [0.4, 0.5) is 0 Å². The lowest BCUT2D eigenvalue weighted by Gasteiger charge is -2.08. The van der Waals surface area contributed by atoms with Crippen molar-refractivity contribution in [3.8, 4) is 5.75 Å². The maximum atomic E-state index is 11.9. The van der Waals surface area contributed by atoms with Crippen LogP contribution in [-0.4, -0.2) is 43.9 Å². The van der Waals surface area contributed by atoms with Crippen molar-refractivity contribution in [2.45, 2.75) is 0 Å². The molecule has 0 aromatic heterocycles. The van der Waals surface area contributed by atoms with Crippen LogP contribution in [0.2, 0.25) is 0 Å². The lowest BCUT2D eigenvalue weighted by atomic mass is 10.2. The molecule has 104 valence electrons. The Bertz CT molecular complexity index is 463. The Labute approximate surface area is 118 Å². The van der Waals surface area contributed by atoms with E-state index in [4.69, 9.17) is 14.6 Å². The minimum absolute atomic E-state index is 0.139. The van der Waals surface area contributed by atoms with Gasteiger partial charge in [0.25, 0.3) is 5.91 Å². The number of carboxylic acid groups (broad SMARTS) is 1. The molecule has 1 aromatic rings. The Kier molecular flexibility index (Phi) is 6.31. The van der Waals surface area contributed by atoms with E-state index in [1.165, 1.54) is 7.11 Å². The molecule has 0 aliphatic carbocycles. The quantitative estimate of drug-likeness (QED) is 0.735. The fraction of sp³-hybridized carbons (Fsp3) is 0.333. The maximum Gasteiger partial charge on any atom is 0.329 e. The first-order valence-corrected chi connectivity index (χ1v) is 6.25. The largest absolute Gasteiger partial charge is 0.497 e. The molecule has 0 fully saturated rings. The van der Waals surface area contributed by atoms with Crippen molar-refractivity contribution in [2.75, 3.05) is 26.9 Å². The van der Waals surface area contributed by atoms with Gasteiger partial charge in [0.1, 0.15) is 12.4 Å². The average molecular weight is 332 g/mol. The molecule has 0 aliphatic rings. The van der Waals surface area contributed by atoms with Crippen LogP contribution in [0.25, 0.3) is 0 Å². The van der Waals surface area contributed by atoms with Gasteiger partial charge in [0.05, 0.1) is 19.3 Å². The molecule has 0 bridgehead atoms. The lowest BCUT2D eigenvalue weighted by Crippen LogP contribution is -2.28. The van der Waals surface area contributed by atoms with Crippen LogP contribution in [0.3, 0.4) is 0 Å². The lowest BCUT2D eigenvalue weighted by molar-refractivity contribution is -0.142. The molecule has 6 nitrogen and oxygen atoms in total. The summed E-state index contributed by atoms with van der Waals surface area (Å²) in [4.78, 5) is 22.1. The number of benzene rings is 1. The predicted octanol–water partition coefficient (Wildman–Crippen LogP) is 1.29. The van der Waals surface area contributed by atoms with Gasteiger partial charge in [-0.05, 0) is 34.1 Å². The number of aliphatic carboxylic acids is 1. The Balaban J connectivity index is 2.47. The first kappa shape index (κ1) is 15.5.